The molecule has 0 heterocycles. The second-order valence-corrected chi connectivity index (χ2v) is 5.51. The molecule has 0 aromatic rings. The summed E-state index contributed by atoms with van der Waals surface area (Å²) in [6, 6.07) is 0.200. The van der Waals surface area contributed by atoms with Crippen LogP contribution >= 0.6 is 11.6 Å². The van der Waals surface area contributed by atoms with Crippen molar-refractivity contribution in [3.8, 4) is 0 Å². The summed E-state index contributed by atoms with van der Waals surface area (Å²) in [6.07, 6.45) is 3.55. The van der Waals surface area contributed by atoms with Crippen molar-refractivity contribution in [1.29, 1.82) is 0 Å². The average Bonchev–Trinajstić information content (AvgIpc) is 2.82. The van der Waals surface area contributed by atoms with Gasteiger partial charge in [0.2, 0.25) is 10.0 Å². The van der Waals surface area contributed by atoms with Crippen LogP contribution in [0.4, 0.5) is 0 Å². The van der Waals surface area contributed by atoms with Crippen molar-refractivity contribution < 1.29 is 8.42 Å². The first-order chi connectivity index (χ1) is 6.11. The molecule has 0 unspecified atom stereocenters. The summed E-state index contributed by atoms with van der Waals surface area (Å²) in [5.74, 6) is 0.182. The number of halogens is 1. The van der Waals surface area contributed by atoms with Crippen LogP contribution in [0.15, 0.2) is 12.7 Å². The standard InChI is InChI=1S/C8H14ClNO2S/c1-2-6-10(8-3-4-8)13(11,12)7-5-9/h2,8H,1,3-7H2. The largest absolute Gasteiger partial charge is 0.215 e. The summed E-state index contributed by atoms with van der Waals surface area (Å²) in [6.45, 7) is 3.95. The summed E-state index contributed by atoms with van der Waals surface area (Å²) in [4.78, 5) is 0. The highest BCUT2D eigenvalue weighted by molar-refractivity contribution is 7.89. The number of sulfonamides is 1. The summed E-state index contributed by atoms with van der Waals surface area (Å²) in [5.41, 5.74) is 0. The van der Waals surface area contributed by atoms with Crippen molar-refractivity contribution in [3.63, 3.8) is 0 Å². The zero-order valence-electron chi connectivity index (χ0n) is 7.45. The lowest BCUT2D eigenvalue weighted by Crippen LogP contribution is -2.35. The van der Waals surface area contributed by atoms with Crippen LogP contribution in [0, 0.1) is 0 Å². The first-order valence-electron chi connectivity index (χ1n) is 4.28. The third kappa shape index (κ3) is 2.97. The summed E-state index contributed by atoms with van der Waals surface area (Å²) < 4.78 is 24.7. The molecule has 0 aliphatic heterocycles. The molecule has 0 N–H and O–H groups in total. The predicted octanol–water partition coefficient (Wildman–Crippen LogP) is 1.21. The fourth-order valence-corrected chi connectivity index (χ4v) is 3.21. The van der Waals surface area contributed by atoms with Crippen LogP contribution in [-0.2, 0) is 10.0 Å². The van der Waals surface area contributed by atoms with E-state index in [0.717, 1.165) is 12.8 Å². The SMILES string of the molecule is C=CCN(C1CC1)S(=O)(=O)CCCl. The second-order valence-electron chi connectivity index (χ2n) is 3.09. The molecule has 0 bridgehead atoms. The van der Waals surface area contributed by atoms with Crippen molar-refractivity contribution in [1.82, 2.24) is 4.31 Å². The van der Waals surface area contributed by atoms with Crippen LogP contribution in [0.25, 0.3) is 0 Å². The summed E-state index contributed by atoms with van der Waals surface area (Å²) in [7, 11) is -3.14. The molecule has 0 atom stereocenters. The van der Waals surface area contributed by atoms with Gasteiger partial charge in [-0.15, -0.1) is 18.2 Å². The van der Waals surface area contributed by atoms with E-state index in [-0.39, 0.29) is 17.7 Å². The molecule has 1 saturated carbocycles. The predicted molar refractivity (Wildman–Crippen MR) is 54.4 cm³/mol. The van der Waals surface area contributed by atoms with Crippen LogP contribution in [0.3, 0.4) is 0 Å². The maximum absolute atomic E-state index is 11.6. The van der Waals surface area contributed by atoms with Gasteiger partial charge < -0.3 is 0 Å². The van der Waals surface area contributed by atoms with Gasteiger partial charge in [-0.2, -0.15) is 4.31 Å². The minimum absolute atomic E-state index is 0.0267. The fourth-order valence-electron chi connectivity index (χ4n) is 1.19. The monoisotopic (exact) mass is 223 g/mol. The van der Waals surface area contributed by atoms with Gasteiger partial charge in [-0.25, -0.2) is 8.42 Å². The van der Waals surface area contributed by atoms with Crippen molar-refractivity contribution in [3.05, 3.63) is 12.7 Å². The number of alkyl halides is 1. The molecule has 76 valence electrons. The smallest absolute Gasteiger partial charge is 0.212 e. The van der Waals surface area contributed by atoms with Crippen molar-refractivity contribution in [2.45, 2.75) is 18.9 Å². The van der Waals surface area contributed by atoms with Gasteiger partial charge in [0.05, 0.1) is 5.75 Å². The Hall–Kier alpha value is -0.0600. The molecule has 1 aliphatic rings. The lowest BCUT2D eigenvalue weighted by molar-refractivity contribution is 0.437. The van der Waals surface area contributed by atoms with E-state index in [1.54, 1.807) is 6.08 Å². The third-order valence-corrected chi connectivity index (χ3v) is 4.25. The molecule has 0 aromatic carbocycles. The Morgan fingerprint density at radius 3 is 2.54 bits per heavy atom. The Morgan fingerprint density at radius 2 is 2.15 bits per heavy atom. The first kappa shape index (κ1) is 11.0. The van der Waals surface area contributed by atoms with Crippen molar-refractivity contribution in [2.24, 2.45) is 0 Å². The van der Waals surface area contributed by atoms with Gasteiger partial charge in [-0.3, -0.25) is 0 Å². The van der Waals surface area contributed by atoms with Gasteiger partial charge in [-0.1, -0.05) is 6.08 Å². The molecule has 1 rings (SSSR count). The average molecular weight is 224 g/mol. The van der Waals surface area contributed by atoms with Crippen LogP contribution in [0.5, 0.6) is 0 Å². The Balaban J connectivity index is 2.67. The molecule has 5 heteroatoms. The topological polar surface area (TPSA) is 37.4 Å². The molecule has 0 aromatic heterocycles. The highest BCUT2D eigenvalue weighted by Crippen LogP contribution is 2.29. The third-order valence-electron chi connectivity index (χ3n) is 1.96. The zero-order chi connectivity index (χ0) is 9.90. The normalized spacial score (nSPS) is 17.7. The number of hydrogen-bond acceptors (Lipinski definition) is 2. The van der Waals surface area contributed by atoms with E-state index in [9.17, 15) is 8.42 Å². The highest BCUT2D eigenvalue weighted by atomic mass is 35.5. The van der Waals surface area contributed by atoms with Gasteiger partial charge in [0, 0.05) is 18.5 Å². The van der Waals surface area contributed by atoms with Crippen LogP contribution in [-0.4, -0.2) is 36.9 Å². The van der Waals surface area contributed by atoms with E-state index in [1.807, 2.05) is 0 Å². The van der Waals surface area contributed by atoms with E-state index in [4.69, 9.17) is 11.6 Å². The minimum atomic E-state index is -3.14. The lowest BCUT2D eigenvalue weighted by atomic mass is 10.6. The van der Waals surface area contributed by atoms with Crippen LogP contribution in [0.2, 0.25) is 0 Å². The van der Waals surface area contributed by atoms with Gasteiger partial charge in [0.1, 0.15) is 0 Å². The Kier molecular flexibility index (Phi) is 3.76. The molecule has 0 saturated heterocycles. The fraction of sp³-hybridized carbons (Fsp3) is 0.750. The molecule has 0 radical (unpaired) electrons. The first-order valence-corrected chi connectivity index (χ1v) is 6.42. The van der Waals surface area contributed by atoms with E-state index < -0.39 is 10.0 Å². The Labute approximate surface area is 84.4 Å². The van der Waals surface area contributed by atoms with E-state index >= 15 is 0 Å². The van der Waals surface area contributed by atoms with Gasteiger partial charge in [-0.05, 0) is 12.8 Å². The van der Waals surface area contributed by atoms with Crippen LogP contribution in [0.1, 0.15) is 12.8 Å². The number of rotatable bonds is 6. The molecule has 1 aliphatic carbocycles. The van der Waals surface area contributed by atoms with E-state index in [1.165, 1.54) is 4.31 Å². The molecule has 1 fully saturated rings. The molecular formula is C8H14ClNO2S. The lowest BCUT2D eigenvalue weighted by Gasteiger charge is -2.19. The number of hydrogen-bond donors (Lipinski definition) is 0. The highest BCUT2D eigenvalue weighted by Gasteiger charge is 2.35. The Morgan fingerprint density at radius 1 is 1.54 bits per heavy atom. The maximum Gasteiger partial charge on any atom is 0.215 e. The number of nitrogens with zero attached hydrogens (tertiary/aromatic N) is 1. The van der Waals surface area contributed by atoms with E-state index in [2.05, 4.69) is 6.58 Å². The van der Waals surface area contributed by atoms with Crippen molar-refractivity contribution >= 4 is 21.6 Å². The molecule has 0 amide bonds. The quantitative estimate of drug-likeness (QED) is 0.502. The van der Waals surface area contributed by atoms with Gasteiger partial charge >= 0.3 is 0 Å². The van der Waals surface area contributed by atoms with Gasteiger partial charge in [0.15, 0.2) is 0 Å². The molecular weight excluding hydrogens is 210 g/mol. The maximum atomic E-state index is 11.6. The van der Waals surface area contributed by atoms with Crippen LogP contribution < -0.4 is 0 Å². The minimum Gasteiger partial charge on any atom is -0.212 e. The van der Waals surface area contributed by atoms with Gasteiger partial charge in [0.25, 0.3) is 0 Å². The molecule has 3 nitrogen and oxygen atoms in total. The van der Waals surface area contributed by atoms with E-state index in [0.29, 0.717) is 6.54 Å². The zero-order valence-corrected chi connectivity index (χ0v) is 9.02. The Bertz CT molecular complexity index is 272. The second kappa shape index (κ2) is 4.44. The summed E-state index contributed by atoms with van der Waals surface area (Å²) in [5, 5.41) is 0. The molecule has 13 heavy (non-hydrogen) atoms. The molecule has 0 spiro atoms. The summed E-state index contributed by atoms with van der Waals surface area (Å²) >= 11 is 5.42. The van der Waals surface area contributed by atoms with Crippen molar-refractivity contribution in [2.75, 3.05) is 18.2 Å².